The zero-order chi connectivity index (χ0) is 12.2. The molecule has 1 saturated heterocycles. The van der Waals surface area contributed by atoms with Crippen molar-refractivity contribution in [2.75, 3.05) is 26.3 Å². The van der Waals surface area contributed by atoms with Crippen LogP contribution in [0.4, 0.5) is 0 Å². The van der Waals surface area contributed by atoms with Crippen molar-refractivity contribution >= 4 is 0 Å². The molecule has 2 atom stereocenters. The third-order valence-electron chi connectivity index (χ3n) is 3.78. The lowest BCUT2D eigenvalue weighted by atomic mass is 9.97. The first-order valence-electron chi connectivity index (χ1n) is 6.95. The molecule has 18 heavy (non-hydrogen) atoms. The van der Waals surface area contributed by atoms with Crippen LogP contribution in [0.2, 0.25) is 0 Å². The Balaban J connectivity index is 1.44. The molecule has 2 heterocycles. The summed E-state index contributed by atoms with van der Waals surface area (Å²) in [6.07, 6.45) is 3.97. The minimum absolute atomic E-state index is 0.432. The number of hydrogen-bond donors (Lipinski definition) is 1. The van der Waals surface area contributed by atoms with Crippen LogP contribution in [0.3, 0.4) is 0 Å². The van der Waals surface area contributed by atoms with E-state index in [1.165, 1.54) is 18.4 Å². The molecule has 2 unspecified atom stereocenters. The minimum atomic E-state index is 0.432. The molecule has 98 valence electrons. The smallest absolute Gasteiger partial charge is 0.122 e. The lowest BCUT2D eigenvalue weighted by Gasteiger charge is -2.25. The molecular formula is C15H21NO2. The lowest BCUT2D eigenvalue weighted by Crippen LogP contribution is -2.35. The van der Waals surface area contributed by atoms with E-state index in [9.17, 15) is 0 Å². The Morgan fingerprint density at radius 1 is 1.22 bits per heavy atom. The van der Waals surface area contributed by atoms with Crippen LogP contribution < -0.4 is 10.1 Å². The van der Waals surface area contributed by atoms with E-state index in [1.807, 2.05) is 6.07 Å². The van der Waals surface area contributed by atoms with Gasteiger partial charge in [-0.25, -0.2) is 0 Å². The highest BCUT2D eigenvalue weighted by Crippen LogP contribution is 2.26. The van der Waals surface area contributed by atoms with Crippen LogP contribution >= 0.6 is 0 Å². The monoisotopic (exact) mass is 247 g/mol. The molecule has 3 nitrogen and oxygen atoms in total. The normalized spacial score (nSPS) is 26.7. The van der Waals surface area contributed by atoms with Crippen molar-refractivity contribution in [2.24, 2.45) is 5.92 Å². The quantitative estimate of drug-likeness (QED) is 0.883. The number of benzene rings is 1. The average molecular weight is 247 g/mol. The molecule has 0 radical (unpaired) electrons. The van der Waals surface area contributed by atoms with Gasteiger partial charge in [-0.1, -0.05) is 18.2 Å². The second-order valence-corrected chi connectivity index (χ2v) is 5.28. The first-order valence-corrected chi connectivity index (χ1v) is 6.95. The Kier molecular flexibility index (Phi) is 3.81. The maximum atomic E-state index is 5.79. The van der Waals surface area contributed by atoms with Gasteiger partial charge in [-0.15, -0.1) is 0 Å². The SMILES string of the molecule is c1ccc2c(c1)CC(CNCC1CCCO1)CO2. The van der Waals surface area contributed by atoms with Crippen LogP contribution in [-0.2, 0) is 11.2 Å². The van der Waals surface area contributed by atoms with Gasteiger partial charge in [-0.3, -0.25) is 0 Å². The van der Waals surface area contributed by atoms with E-state index in [2.05, 4.69) is 23.5 Å². The van der Waals surface area contributed by atoms with Crippen LogP contribution in [0.5, 0.6) is 5.75 Å². The van der Waals surface area contributed by atoms with Crippen LogP contribution in [0.25, 0.3) is 0 Å². The van der Waals surface area contributed by atoms with E-state index in [0.29, 0.717) is 12.0 Å². The summed E-state index contributed by atoms with van der Waals surface area (Å²) in [4.78, 5) is 0. The molecule has 0 spiro atoms. The summed E-state index contributed by atoms with van der Waals surface area (Å²) >= 11 is 0. The molecular weight excluding hydrogens is 226 g/mol. The van der Waals surface area contributed by atoms with Gasteiger partial charge < -0.3 is 14.8 Å². The molecule has 0 aliphatic carbocycles. The Morgan fingerprint density at radius 3 is 3.06 bits per heavy atom. The van der Waals surface area contributed by atoms with Gasteiger partial charge in [0.25, 0.3) is 0 Å². The van der Waals surface area contributed by atoms with Gasteiger partial charge in [0.2, 0.25) is 0 Å². The molecule has 0 bridgehead atoms. The van der Waals surface area contributed by atoms with Crippen molar-refractivity contribution in [3.05, 3.63) is 29.8 Å². The third-order valence-corrected chi connectivity index (χ3v) is 3.78. The molecule has 0 amide bonds. The third kappa shape index (κ3) is 2.85. The van der Waals surface area contributed by atoms with Crippen LogP contribution in [0, 0.1) is 5.92 Å². The number of para-hydroxylation sites is 1. The fourth-order valence-corrected chi connectivity index (χ4v) is 2.78. The molecule has 0 aromatic heterocycles. The van der Waals surface area contributed by atoms with Crippen molar-refractivity contribution < 1.29 is 9.47 Å². The second-order valence-electron chi connectivity index (χ2n) is 5.28. The number of ether oxygens (including phenoxy) is 2. The van der Waals surface area contributed by atoms with Crippen molar-refractivity contribution in [1.82, 2.24) is 5.32 Å². The van der Waals surface area contributed by atoms with Crippen LogP contribution in [-0.4, -0.2) is 32.4 Å². The molecule has 1 aromatic rings. The van der Waals surface area contributed by atoms with E-state index >= 15 is 0 Å². The molecule has 1 aromatic carbocycles. The highest BCUT2D eigenvalue weighted by molar-refractivity contribution is 5.35. The Bertz CT molecular complexity index is 388. The first-order chi connectivity index (χ1) is 8.92. The van der Waals surface area contributed by atoms with Crippen molar-refractivity contribution in [3.63, 3.8) is 0 Å². The maximum Gasteiger partial charge on any atom is 0.122 e. The van der Waals surface area contributed by atoms with E-state index in [-0.39, 0.29) is 0 Å². The fourth-order valence-electron chi connectivity index (χ4n) is 2.78. The zero-order valence-corrected chi connectivity index (χ0v) is 10.7. The lowest BCUT2D eigenvalue weighted by molar-refractivity contribution is 0.107. The molecule has 3 heteroatoms. The topological polar surface area (TPSA) is 30.5 Å². The maximum absolute atomic E-state index is 5.79. The summed E-state index contributed by atoms with van der Waals surface area (Å²) in [5.74, 6) is 1.65. The molecule has 2 aliphatic heterocycles. The van der Waals surface area contributed by atoms with Gasteiger partial charge in [-0.05, 0) is 30.9 Å². The predicted molar refractivity (Wildman–Crippen MR) is 71.0 cm³/mol. The standard InChI is InChI=1S/C15H21NO2/c1-2-6-15-13(4-1)8-12(11-18-15)9-16-10-14-5-3-7-17-14/h1-2,4,6,12,14,16H,3,5,7-11H2. The summed E-state index contributed by atoms with van der Waals surface area (Å²) in [6, 6.07) is 8.35. The predicted octanol–water partition coefficient (Wildman–Crippen LogP) is 2.01. The van der Waals surface area contributed by atoms with Gasteiger partial charge in [0.05, 0.1) is 12.7 Å². The second kappa shape index (κ2) is 5.72. The highest BCUT2D eigenvalue weighted by atomic mass is 16.5. The molecule has 2 aliphatic rings. The van der Waals surface area contributed by atoms with E-state index < -0.39 is 0 Å². The minimum Gasteiger partial charge on any atom is -0.493 e. The highest BCUT2D eigenvalue weighted by Gasteiger charge is 2.20. The summed E-state index contributed by atoms with van der Waals surface area (Å²) in [5, 5.41) is 3.52. The first kappa shape index (κ1) is 12.0. The molecule has 3 rings (SSSR count). The van der Waals surface area contributed by atoms with Crippen molar-refractivity contribution in [1.29, 1.82) is 0 Å². The van der Waals surface area contributed by atoms with Crippen molar-refractivity contribution in [2.45, 2.75) is 25.4 Å². The number of rotatable bonds is 4. The Hall–Kier alpha value is -1.06. The summed E-state index contributed by atoms with van der Waals surface area (Å²) < 4.78 is 11.4. The summed E-state index contributed by atoms with van der Waals surface area (Å²) in [7, 11) is 0. The number of hydrogen-bond acceptors (Lipinski definition) is 3. The molecule has 0 saturated carbocycles. The van der Waals surface area contributed by atoms with E-state index in [1.54, 1.807) is 0 Å². The molecule has 1 fully saturated rings. The number of nitrogens with one attached hydrogen (secondary N) is 1. The number of fused-ring (bicyclic) bond motifs is 1. The van der Waals surface area contributed by atoms with E-state index in [0.717, 1.165) is 38.5 Å². The molecule has 1 N–H and O–H groups in total. The summed E-state index contributed by atoms with van der Waals surface area (Å²) in [6.45, 7) is 3.77. The Labute approximate surface area is 108 Å². The van der Waals surface area contributed by atoms with Crippen LogP contribution in [0.15, 0.2) is 24.3 Å². The van der Waals surface area contributed by atoms with Gasteiger partial charge in [0.15, 0.2) is 0 Å². The zero-order valence-electron chi connectivity index (χ0n) is 10.7. The Morgan fingerprint density at radius 2 is 2.17 bits per heavy atom. The van der Waals surface area contributed by atoms with Gasteiger partial charge in [0.1, 0.15) is 5.75 Å². The van der Waals surface area contributed by atoms with Crippen molar-refractivity contribution in [3.8, 4) is 5.75 Å². The fraction of sp³-hybridized carbons (Fsp3) is 0.600. The average Bonchev–Trinajstić information content (AvgIpc) is 2.92. The summed E-state index contributed by atoms with van der Waals surface area (Å²) in [5.41, 5.74) is 1.34. The van der Waals surface area contributed by atoms with E-state index in [4.69, 9.17) is 9.47 Å². The largest absolute Gasteiger partial charge is 0.493 e. The van der Waals surface area contributed by atoms with Gasteiger partial charge in [-0.2, -0.15) is 0 Å². The van der Waals surface area contributed by atoms with Gasteiger partial charge in [0, 0.05) is 25.6 Å². The van der Waals surface area contributed by atoms with Crippen LogP contribution in [0.1, 0.15) is 18.4 Å². The van der Waals surface area contributed by atoms with Gasteiger partial charge >= 0.3 is 0 Å².